The summed E-state index contributed by atoms with van der Waals surface area (Å²) < 4.78 is 5.09. The van der Waals surface area contributed by atoms with Crippen molar-refractivity contribution >= 4 is 5.69 Å². The monoisotopic (exact) mass is 295 g/mol. The molecule has 0 fully saturated rings. The zero-order chi connectivity index (χ0) is 15.7. The highest BCUT2D eigenvalue weighted by Crippen LogP contribution is 2.22. The maximum atomic E-state index is 10.9. The lowest BCUT2D eigenvalue weighted by Crippen LogP contribution is -2.27. The van der Waals surface area contributed by atoms with E-state index in [9.17, 15) is 10.1 Å². The molecule has 0 atom stereocenters. The highest BCUT2D eigenvalue weighted by molar-refractivity contribution is 5.42. The Labute approximate surface area is 126 Å². The number of nitro benzene ring substituents is 1. The van der Waals surface area contributed by atoms with E-state index in [-0.39, 0.29) is 5.69 Å². The number of hydrogen-bond donors (Lipinski definition) is 1. The molecule has 0 saturated heterocycles. The molecule has 0 spiro atoms. The fraction of sp³-hybridized carbons (Fsp3) is 0.600. The first kappa shape index (κ1) is 17.4. The molecule has 1 aromatic rings. The van der Waals surface area contributed by atoms with Crippen LogP contribution in [0.5, 0.6) is 5.75 Å². The van der Waals surface area contributed by atoms with Gasteiger partial charge in [-0.3, -0.25) is 10.1 Å². The van der Waals surface area contributed by atoms with Crippen LogP contribution in [0, 0.1) is 10.1 Å². The lowest BCUT2D eigenvalue weighted by molar-refractivity contribution is -0.385. The van der Waals surface area contributed by atoms with E-state index in [0.29, 0.717) is 12.3 Å². The van der Waals surface area contributed by atoms with Gasteiger partial charge in [-0.1, -0.05) is 13.8 Å². The minimum Gasteiger partial charge on any atom is -0.496 e. The minimum atomic E-state index is -0.396. The minimum absolute atomic E-state index is 0.0642. The average molecular weight is 295 g/mol. The van der Waals surface area contributed by atoms with Gasteiger partial charge in [-0.15, -0.1) is 0 Å². The summed E-state index contributed by atoms with van der Waals surface area (Å²) in [6, 6.07) is 4.84. The molecule has 0 unspecified atom stereocenters. The molecule has 21 heavy (non-hydrogen) atoms. The van der Waals surface area contributed by atoms with Crippen molar-refractivity contribution in [2.75, 3.05) is 33.3 Å². The molecule has 0 aromatic heterocycles. The van der Waals surface area contributed by atoms with Crippen molar-refractivity contribution in [2.24, 2.45) is 0 Å². The second-order valence-electron chi connectivity index (χ2n) is 4.85. The smallest absolute Gasteiger partial charge is 0.273 e. The molecule has 118 valence electrons. The third-order valence-electron chi connectivity index (χ3n) is 3.45. The number of nitrogens with one attached hydrogen (secondary N) is 1. The van der Waals surface area contributed by atoms with Gasteiger partial charge < -0.3 is 15.0 Å². The van der Waals surface area contributed by atoms with Crippen molar-refractivity contribution in [1.82, 2.24) is 10.2 Å². The summed E-state index contributed by atoms with van der Waals surface area (Å²) >= 11 is 0. The summed E-state index contributed by atoms with van der Waals surface area (Å²) in [5.74, 6) is 0.518. The van der Waals surface area contributed by atoms with E-state index in [4.69, 9.17) is 4.74 Å². The van der Waals surface area contributed by atoms with Crippen molar-refractivity contribution in [3.8, 4) is 5.75 Å². The van der Waals surface area contributed by atoms with E-state index in [1.54, 1.807) is 6.07 Å². The van der Waals surface area contributed by atoms with Crippen molar-refractivity contribution < 1.29 is 9.66 Å². The molecule has 0 aliphatic rings. The van der Waals surface area contributed by atoms with Crippen molar-refractivity contribution in [3.63, 3.8) is 0 Å². The first-order valence-electron chi connectivity index (χ1n) is 7.36. The zero-order valence-corrected chi connectivity index (χ0v) is 13.1. The molecule has 1 rings (SSSR count). The summed E-state index contributed by atoms with van der Waals surface area (Å²) in [7, 11) is 1.51. The van der Waals surface area contributed by atoms with Crippen LogP contribution in [-0.4, -0.2) is 43.1 Å². The van der Waals surface area contributed by atoms with E-state index in [1.165, 1.54) is 13.2 Å². The molecular formula is C15H25N3O3. The number of ether oxygens (including phenoxy) is 1. The van der Waals surface area contributed by atoms with Crippen LogP contribution in [0.4, 0.5) is 5.69 Å². The topological polar surface area (TPSA) is 67.6 Å². The molecule has 1 N–H and O–H groups in total. The van der Waals surface area contributed by atoms with Crippen LogP contribution in [0.3, 0.4) is 0 Å². The van der Waals surface area contributed by atoms with Gasteiger partial charge in [0.1, 0.15) is 5.75 Å². The lowest BCUT2D eigenvalue weighted by atomic mass is 10.2. The molecule has 6 nitrogen and oxygen atoms in total. The number of methoxy groups -OCH3 is 1. The van der Waals surface area contributed by atoms with Crippen LogP contribution >= 0.6 is 0 Å². The van der Waals surface area contributed by atoms with Crippen LogP contribution in [-0.2, 0) is 6.54 Å². The van der Waals surface area contributed by atoms with Gasteiger partial charge in [-0.2, -0.15) is 0 Å². The van der Waals surface area contributed by atoms with Crippen LogP contribution in [0.25, 0.3) is 0 Å². The summed E-state index contributed by atoms with van der Waals surface area (Å²) in [5.41, 5.74) is 0.929. The van der Waals surface area contributed by atoms with Gasteiger partial charge in [0, 0.05) is 12.6 Å². The Hall–Kier alpha value is -1.66. The van der Waals surface area contributed by atoms with E-state index in [2.05, 4.69) is 24.1 Å². The molecule has 0 saturated carbocycles. The summed E-state index contributed by atoms with van der Waals surface area (Å²) in [4.78, 5) is 12.8. The number of non-ortho nitro benzene ring substituents is 1. The molecule has 0 radical (unpaired) electrons. The molecular weight excluding hydrogens is 270 g/mol. The first-order valence-corrected chi connectivity index (χ1v) is 7.36. The highest BCUT2D eigenvalue weighted by atomic mass is 16.6. The molecule has 0 amide bonds. The molecule has 0 aliphatic heterocycles. The second kappa shape index (κ2) is 9.31. The maximum absolute atomic E-state index is 10.9. The van der Waals surface area contributed by atoms with E-state index < -0.39 is 4.92 Å². The van der Waals surface area contributed by atoms with Gasteiger partial charge in [-0.05, 0) is 44.2 Å². The van der Waals surface area contributed by atoms with Crippen LogP contribution in [0.1, 0.15) is 25.8 Å². The normalized spacial score (nSPS) is 10.9. The quantitative estimate of drug-likeness (QED) is 0.408. The number of nitrogens with zero attached hydrogens (tertiary/aromatic N) is 2. The average Bonchev–Trinajstić information content (AvgIpc) is 2.50. The van der Waals surface area contributed by atoms with E-state index in [0.717, 1.165) is 38.2 Å². The Balaban J connectivity index is 2.44. The van der Waals surface area contributed by atoms with Gasteiger partial charge in [-0.25, -0.2) is 0 Å². The highest BCUT2D eigenvalue weighted by Gasteiger charge is 2.09. The summed E-state index contributed by atoms with van der Waals surface area (Å²) in [6.45, 7) is 9.02. The second-order valence-corrected chi connectivity index (χ2v) is 4.85. The van der Waals surface area contributed by atoms with Gasteiger partial charge in [0.15, 0.2) is 0 Å². The summed E-state index contributed by atoms with van der Waals surface area (Å²) in [6.07, 6.45) is 1.06. The zero-order valence-electron chi connectivity index (χ0n) is 13.1. The molecule has 6 heteroatoms. The Morgan fingerprint density at radius 3 is 2.57 bits per heavy atom. The third-order valence-corrected chi connectivity index (χ3v) is 3.45. The van der Waals surface area contributed by atoms with Crippen LogP contribution in [0.15, 0.2) is 18.2 Å². The summed E-state index contributed by atoms with van der Waals surface area (Å²) in [5, 5.41) is 14.2. The molecule has 0 bridgehead atoms. The van der Waals surface area contributed by atoms with Gasteiger partial charge in [0.05, 0.1) is 18.1 Å². The third kappa shape index (κ3) is 6.10. The SMILES string of the molecule is CCN(CC)CCCNCc1cc(OC)cc([N+](=O)[O-])c1. The van der Waals surface area contributed by atoms with Crippen molar-refractivity contribution in [1.29, 1.82) is 0 Å². The first-order chi connectivity index (χ1) is 10.1. The van der Waals surface area contributed by atoms with Crippen molar-refractivity contribution in [2.45, 2.75) is 26.8 Å². The number of nitro groups is 1. The standard InChI is InChI=1S/C15H25N3O3/c1-4-17(5-2)8-6-7-16-12-13-9-14(18(19)20)11-15(10-13)21-3/h9-11,16H,4-8,12H2,1-3H3. The lowest BCUT2D eigenvalue weighted by Gasteiger charge is -2.17. The number of rotatable bonds is 10. The molecule has 0 aliphatic carbocycles. The Morgan fingerprint density at radius 1 is 1.29 bits per heavy atom. The van der Waals surface area contributed by atoms with Gasteiger partial charge in [0.2, 0.25) is 0 Å². The van der Waals surface area contributed by atoms with E-state index >= 15 is 0 Å². The van der Waals surface area contributed by atoms with Gasteiger partial charge >= 0.3 is 0 Å². The molecule has 0 heterocycles. The fourth-order valence-electron chi connectivity index (χ4n) is 2.17. The van der Waals surface area contributed by atoms with Gasteiger partial charge in [0.25, 0.3) is 5.69 Å². The van der Waals surface area contributed by atoms with E-state index in [1.807, 2.05) is 6.07 Å². The largest absolute Gasteiger partial charge is 0.496 e. The number of benzene rings is 1. The Morgan fingerprint density at radius 2 is 2.00 bits per heavy atom. The predicted molar refractivity (Wildman–Crippen MR) is 83.8 cm³/mol. The Kier molecular flexibility index (Phi) is 7.71. The molecule has 1 aromatic carbocycles. The van der Waals surface area contributed by atoms with Crippen LogP contribution in [0.2, 0.25) is 0 Å². The maximum Gasteiger partial charge on any atom is 0.273 e. The fourth-order valence-corrected chi connectivity index (χ4v) is 2.17. The van der Waals surface area contributed by atoms with Crippen LogP contribution < -0.4 is 10.1 Å². The van der Waals surface area contributed by atoms with Crippen molar-refractivity contribution in [3.05, 3.63) is 33.9 Å². The predicted octanol–water partition coefficient (Wildman–Crippen LogP) is 2.42. The Bertz CT molecular complexity index is 448. The number of hydrogen-bond acceptors (Lipinski definition) is 5.